The van der Waals surface area contributed by atoms with Gasteiger partial charge in [-0.15, -0.1) is 0 Å². The predicted molar refractivity (Wildman–Crippen MR) is 249 cm³/mol. The molecule has 0 radical (unpaired) electrons. The molecule has 4 N–H and O–H groups in total. The van der Waals surface area contributed by atoms with Gasteiger partial charge in [-0.25, -0.2) is 0 Å². The van der Waals surface area contributed by atoms with E-state index in [2.05, 4.69) is 36.7 Å². The van der Waals surface area contributed by atoms with Crippen molar-refractivity contribution >= 4 is 34.8 Å². The van der Waals surface area contributed by atoms with Gasteiger partial charge in [-0.3, -0.25) is 14.4 Å². The molecular formula is C52H79N3O4. The van der Waals surface area contributed by atoms with Gasteiger partial charge in [0, 0.05) is 36.3 Å². The number of carbonyl (C=O) groups is 3. The number of nitrogens with one attached hydrogen (secondary N) is 3. The Morgan fingerprint density at radius 3 is 0.780 bits per heavy atom. The highest BCUT2D eigenvalue weighted by Gasteiger charge is 2.34. The minimum atomic E-state index is -1.54. The lowest BCUT2D eigenvalue weighted by molar-refractivity contribution is -0.117. The third-order valence-electron chi connectivity index (χ3n) is 11.5. The number of rotatable bonds is 33. The minimum Gasteiger partial charge on any atom is -0.376 e. The highest BCUT2D eigenvalue weighted by atomic mass is 16.3. The Hall–Kier alpha value is -3.97. The first-order chi connectivity index (χ1) is 28.8. The Bertz CT molecular complexity index is 1380. The fraction of sp³-hybridized carbons (Fsp3) is 0.596. The van der Waals surface area contributed by atoms with Crippen molar-refractivity contribution in [2.75, 3.05) is 16.0 Å². The Morgan fingerprint density at radius 1 is 0.356 bits per heavy atom. The fourth-order valence-corrected chi connectivity index (χ4v) is 7.81. The molecule has 0 aliphatic carbocycles. The SMILES string of the molecule is CCCCCCCCCCC(=O)Nc1ccc(C(O)(c2ccc(NC(=O)CCCCCCCCCC)cc2)c2ccc(NC(=O)CCCCCCCCCC)cc2)cc1. The molecular weight excluding hydrogens is 731 g/mol. The lowest BCUT2D eigenvalue weighted by atomic mass is 9.80. The second-order valence-corrected chi connectivity index (χ2v) is 16.8. The summed E-state index contributed by atoms with van der Waals surface area (Å²) in [7, 11) is 0. The molecule has 0 fully saturated rings. The molecule has 0 atom stereocenters. The van der Waals surface area contributed by atoms with E-state index in [9.17, 15) is 19.5 Å². The summed E-state index contributed by atoms with van der Waals surface area (Å²) in [4.78, 5) is 38.3. The third-order valence-corrected chi connectivity index (χ3v) is 11.5. The Labute approximate surface area is 358 Å². The van der Waals surface area contributed by atoms with Gasteiger partial charge in [0.2, 0.25) is 17.7 Å². The van der Waals surface area contributed by atoms with Crippen molar-refractivity contribution in [3.8, 4) is 0 Å². The minimum absolute atomic E-state index is 0.000848. The average Bonchev–Trinajstić information content (AvgIpc) is 3.24. The van der Waals surface area contributed by atoms with Crippen LogP contribution >= 0.6 is 0 Å². The standard InChI is InChI=1S/C52H79N3O4/c1-4-7-10-13-16-19-22-25-28-49(56)53-46-37-31-43(32-38-46)52(59,44-33-39-47(40-34-44)54-50(57)29-26-23-20-17-14-11-8-5-2)45-35-41-48(42-36-45)55-51(58)30-27-24-21-18-15-12-9-6-3/h31-42,59H,4-30H2,1-3H3,(H,53,56)(H,54,57)(H,55,58). The van der Waals surface area contributed by atoms with E-state index < -0.39 is 5.60 Å². The molecule has 7 nitrogen and oxygen atoms in total. The second-order valence-electron chi connectivity index (χ2n) is 16.8. The van der Waals surface area contributed by atoms with Crippen LogP contribution in [0.3, 0.4) is 0 Å². The topological polar surface area (TPSA) is 108 Å². The summed E-state index contributed by atoms with van der Waals surface area (Å²) in [6, 6.07) is 22.1. The molecule has 7 heteroatoms. The number of anilines is 3. The van der Waals surface area contributed by atoms with Gasteiger partial charge in [0.25, 0.3) is 0 Å². The van der Waals surface area contributed by atoms with Crippen LogP contribution in [-0.4, -0.2) is 22.8 Å². The lowest BCUT2D eigenvalue weighted by Gasteiger charge is -2.30. The summed E-state index contributed by atoms with van der Waals surface area (Å²) in [6.07, 6.45) is 29.9. The smallest absolute Gasteiger partial charge is 0.224 e. The van der Waals surface area contributed by atoms with Crippen LogP contribution in [0.2, 0.25) is 0 Å². The van der Waals surface area contributed by atoms with Crippen LogP contribution in [0, 0.1) is 0 Å². The van der Waals surface area contributed by atoms with E-state index in [4.69, 9.17) is 0 Å². The highest BCUT2D eigenvalue weighted by Crippen LogP contribution is 2.38. The molecule has 3 rings (SSSR count). The van der Waals surface area contributed by atoms with Crippen molar-refractivity contribution in [3.63, 3.8) is 0 Å². The molecule has 0 heterocycles. The molecule has 326 valence electrons. The van der Waals surface area contributed by atoms with Crippen LogP contribution in [0.25, 0.3) is 0 Å². The summed E-state index contributed by atoms with van der Waals surface area (Å²) in [5.74, 6) is -0.00254. The number of carbonyl (C=O) groups excluding carboxylic acids is 3. The van der Waals surface area contributed by atoms with Gasteiger partial charge in [0.05, 0.1) is 0 Å². The number of aliphatic hydroxyl groups is 1. The normalized spacial score (nSPS) is 11.4. The predicted octanol–water partition coefficient (Wildman–Crippen LogP) is 14.4. The first-order valence-electron chi connectivity index (χ1n) is 23.7. The zero-order valence-electron chi connectivity index (χ0n) is 37.2. The Kier molecular flexibility index (Phi) is 25.2. The Morgan fingerprint density at radius 2 is 0.559 bits per heavy atom. The molecule has 3 amide bonds. The zero-order valence-corrected chi connectivity index (χ0v) is 37.2. The third kappa shape index (κ3) is 19.8. The van der Waals surface area contributed by atoms with Crippen LogP contribution < -0.4 is 16.0 Å². The highest BCUT2D eigenvalue weighted by molar-refractivity contribution is 5.92. The molecule has 0 aliphatic heterocycles. The molecule has 0 spiro atoms. The first kappa shape index (κ1) is 49.4. The molecule has 3 aromatic carbocycles. The summed E-state index contributed by atoms with van der Waals surface area (Å²) in [6.45, 7) is 6.69. The van der Waals surface area contributed by atoms with Gasteiger partial charge in [-0.1, -0.05) is 192 Å². The van der Waals surface area contributed by atoms with Gasteiger partial charge in [0.15, 0.2) is 0 Å². The monoisotopic (exact) mass is 810 g/mol. The number of amides is 3. The van der Waals surface area contributed by atoms with Gasteiger partial charge < -0.3 is 21.1 Å². The maximum atomic E-state index is 12.8. The van der Waals surface area contributed by atoms with Crippen molar-refractivity contribution in [3.05, 3.63) is 89.5 Å². The van der Waals surface area contributed by atoms with Crippen LogP contribution in [0.5, 0.6) is 0 Å². The summed E-state index contributed by atoms with van der Waals surface area (Å²) in [5, 5.41) is 21.8. The van der Waals surface area contributed by atoms with E-state index in [0.29, 0.717) is 53.0 Å². The molecule has 0 aromatic heterocycles. The van der Waals surface area contributed by atoms with E-state index in [-0.39, 0.29) is 17.7 Å². The molecule has 59 heavy (non-hydrogen) atoms. The van der Waals surface area contributed by atoms with E-state index >= 15 is 0 Å². The summed E-state index contributed by atoms with van der Waals surface area (Å²) >= 11 is 0. The van der Waals surface area contributed by atoms with Crippen molar-refractivity contribution in [1.82, 2.24) is 0 Å². The maximum absolute atomic E-state index is 12.8. The summed E-state index contributed by atoms with van der Waals surface area (Å²) in [5.41, 5.74) is 2.42. The summed E-state index contributed by atoms with van der Waals surface area (Å²) < 4.78 is 0. The Balaban J connectivity index is 1.65. The van der Waals surface area contributed by atoms with E-state index in [1.165, 1.54) is 116 Å². The van der Waals surface area contributed by atoms with Crippen molar-refractivity contribution in [2.24, 2.45) is 0 Å². The van der Waals surface area contributed by atoms with E-state index in [1.54, 1.807) is 0 Å². The van der Waals surface area contributed by atoms with Gasteiger partial charge in [-0.05, 0) is 72.4 Å². The molecule has 3 aromatic rings. The number of benzene rings is 3. The van der Waals surface area contributed by atoms with Crippen LogP contribution in [0.4, 0.5) is 17.1 Å². The van der Waals surface area contributed by atoms with Crippen molar-refractivity contribution in [1.29, 1.82) is 0 Å². The molecule has 0 unspecified atom stereocenters. The molecule has 0 aliphatic rings. The first-order valence-corrected chi connectivity index (χ1v) is 23.7. The lowest BCUT2D eigenvalue weighted by Crippen LogP contribution is -2.29. The van der Waals surface area contributed by atoms with Crippen molar-refractivity contribution < 1.29 is 19.5 Å². The van der Waals surface area contributed by atoms with Gasteiger partial charge >= 0.3 is 0 Å². The van der Waals surface area contributed by atoms with E-state index in [0.717, 1.165) is 38.5 Å². The molecule has 0 saturated carbocycles. The fourth-order valence-electron chi connectivity index (χ4n) is 7.81. The van der Waals surface area contributed by atoms with Crippen molar-refractivity contribution in [2.45, 2.75) is 200 Å². The second kappa shape index (κ2) is 30.1. The number of unbranched alkanes of at least 4 members (excludes halogenated alkanes) is 21. The molecule has 0 saturated heterocycles. The zero-order chi connectivity index (χ0) is 42.4. The van der Waals surface area contributed by atoms with Crippen LogP contribution in [-0.2, 0) is 20.0 Å². The van der Waals surface area contributed by atoms with E-state index in [1.807, 2.05) is 72.8 Å². The largest absolute Gasteiger partial charge is 0.376 e. The quantitative estimate of drug-likeness (QED) is 0.0363. The van der Waals surface area contributed by atoms with Crippen LogP contribution in [0.1, 0.15) is 211 Å². The van der Waals surface area contributed by atoms with Crippen LogP contribution in [0.15, 0.2) is 72.8 Å². The maximum Gasteiger partial charge on any atom is 0.224 e. The number of hydrogen-bond donors (Lipinski definition) is 4. The molecule has 0 bridgehead atoms. The van der Waals surface area contributed by atoms with Gasteiger partial charge in [-0.2, -0.15) is 0 Å². The van der Waals surface area contributed by atoms with Gasteiger partial charge in [0.1, 0.15) is 5.60 Å². The average molecular weight is 810 g/mol. The number of hydrogen-bond acceptors (Lipinski definition) is 4.